The van der Waals surface area contributed by atoms with Crippen molar-refractivity contribution in [3.05, 3.63) is 52.5 Å². The maximum Gasteiger partial charge on any atom is 0.255 e. The molecule has 1 heterocycles. The molecule has 1 aliphatic heterocycles. The summed E-state index contributed by atoms with van der Waals surface area (Å²) < 4.78 is 10.9. The van der Waals surface area contributed by atoms with Crippen LogP contribution in [-0.2, 0) is 6.42 Å². The molecule has 22 heavy (non-hydrogen) atoms. The van der Waals surface area contributed by atoms with Gasteiger partial charge in [-0.1, -0.05) is 30.7 Å². The molecule has 1 aliphatic rings. The lowest BCUT2D eigenvalue weighted by atomic mass is 10.1. The fourth-order valence-corrected chi connectivity index (χ4v) is 2.58. The lowest BCUT2D eigenvalue weighted by Crippen LogP contribution is -2.17. The molecule has 2 aromatic rings. The molecular formula is C17H16ClNO3. The Labute approximate surface area is 134 Å². The van der Waals surface area contributed by atoms with Crippen LogP contribution in [0.3, 0.4) is 0 Å². The van der Waals surface area contributed by atoms with Gasteiger partial charge in [0.1, 0.15) is 13.2 Å². The molecule has 4 nitrogen and oxygen atoms in total. The zero-order valence-corrected chi connectivity index (χ0v) is 12.9. The Hall–Kier alpha value is -2.20. The van der Waals surface area contributed by atoms with E-state index < -0.39 is 0 Å². The summed E-state index contributed by atoms with van der Waals surface area (Å²) in [6, 6.07) is 11.0. The fraction of sp³-hybridized carbons (Fsp3) is 0.235. The first-order valence-corrected chi connectivity index (χ1v) is 7.54. The Bertz CT molecular complexity index is 715. The van der Waals surface area contributed by atoms with Crippen LogP contribution in [0.4, 0.5) is 5.69 Å². The molecule has 0 fully saturated rings. The Balaban J connectivity index is 1.84. The average molecular weight is 318 g/mol. The highest BCUT2D eigenvalue weighted by Gasteiger charge is 2.19. The number of aryl methyl sites for hydroxylation is 1. The van der Waals surface area contributed by atoms with Crippen LogP contribution in [0.15, 0.2) is 36.4 Å². The molecule has 1 amide bonds. The Morgan fingerprint density at radius 1 is 1.23 bits per heavy atom. The van der Waals surface area contributed by atoms with E-state index in [1.807, 2.05) is 24.3 Å². The quantitative estimate of drug-likeness (QED) is 0.933. The molecule has 0 bridgehead atoms. The topological polar surface area (TPSA) is 47.6 Å². The number of ether oxygens (including phenoxy) is 2. The van der Waals surface area contributed by atoms with Gasteiger partial charge in [0.15, 0.2) is 11.5 Å². The fourth-order valence-electron chi connectivity index (χ4n) is 2.31. The number of benzene rings is 2. The lowest BCUT2D eigenvalue weighted by molar-refractivity contribution is 0.102. The van der Waals surface area contributed by atoms with Crippen LogP contribution in [0.25, 0.3) is 0 Å². The van der Waals surface area contributed by atoms with E-state index in [1.54, 1.807) is 12.1 Å². The van der Waals surface area contributed by atoms with Crippen molar-refractivity contribution in [3.8, 4) is 11.5 Å². The summed E-state index contributed by atoms with van der Waals surface area (Å²) in [4.78, 5) is 12.4. The van der Waals surface area contributed by atoms with Gasteiger partial charge >= 0.3 is 0 Å². The molecule has 0 saturated heterocycles. The van der Waals surface area contributed by atoms with Crippen LogP contribution in [-0.4, -0.2) is 19.1 Å². The third-order valence-corrected chi connectivity index (χ3v) is 3.73. The van der Waals surface area contributed by atoms with Gasteiger partial charge in [-0.15, -0.1) is 0 Å². The van der Waals surface area contributed by atoms with Crippen molar-refractivity contribution in [2.75, 3.05) is 18.5 Å². The lowest BCUT2D eigenvalue weighted by Gasteiger charge is -2.20. The van der Waals surface area contributed by atoms with E-state index in [0.717, 1.165) is 17.7 Å². The summed E-state index contributed by atoms with van der Waals surface area (Å²) in [5, 5.41) is 3.25. The monoisotopic (exact) mass is 317 g/mol. The SMILES string of the molecule is CCc1cccc(NC(=O)c2cc(Cl)c3c(c2)OCCO3)c1. The van der Waals surface area contributed by atoms with Crippen molar-refractivity contribution >= 4 is 23.2 Å². The number of rotatable bonds is 3. The molecule has 5 heteroatoms. The van der Waals surface area contributed by atoms with Gasteiger partial charge in [-0.25, -0.2) is 0 Å². The van der Waals surface area contributed by atoms with Crippen molar-refractivity contribution in [2.45, 2.75) is 13.3 Å². The van der Waals surface area contributed by atoms with E-state index in [1.165, 1.54) is 0 Å². The second-order valence-electron chi connectivity index (χ2n) is 4.99. The second kappa shape index (κ2) is 6.28. The van der Waals surface area contributed by atoms with E-state index in [-0.39, 0.29) is 5.91 Å². The van der Waals surface area contributed by atoms with Gasteiger partial charge in [0, 0.05) is 11.3 Å². The molecule has 3 rings (SSSR count). The van der Waals surface area contributed by atoms with Crippen LogP contribution in [0.1, 0.15) is 22.8 Å². The largest absolute Gasteiger partial charge is 0.486 e. The van der Waals surface area contributed by atoms with Gasteiger partial charge in [-0.3, -0.25) is 4.79 Å². The summed E-state index contributed by atoms with van der Waals surface area (Å²) in [5.41, 5.74) is 2.37. The molecule has 0 aliphatic carbocycles. The highest BCUT2D eigenvalue weighted by molar-refractivity contribution is 6.32. The number of fused-ring (bicyclic) bond motifs is 1. The zero-order chi connectivity index (χ0) is 15.5. The van der Waals surface area contributed by atoms with E-state index in [0.29, 0.717) is 35.3 Å². The minimum atomic E-state index is -0.230. The molecule has 0 unspecified atom stereocenters. The van der Waals surface area contributed by atoms with E-state index in [4.69, 9.17) is 21.1 Å². The number of carbonyl (C=O) groups excluding carboxylic acids is 1. The van der Waals surface area contributed by atoms with Gasteiger partial charge < -0.3 is 14.8 Å². The van der Waals surface area contributed by atoms with Crippen LogP contribution in [0, 0.1) is 0 Å². The number of halogens is 1. The first-order valence-electron chi connectivity index (χ1n) is 7.17. The normalized spacial score (nSPS) is 12.8. The first kappa shape index (κ1) is 14.7. The van der Waals surface area contributed by atoms with Gasteiger partial charge in [0.05, 0.1) is 5.02 Å². The van der Waals surface area contributed by atoms with Gasteiger partial charge in [0.25, 0.3) is 5.91 Å². The van der Waals surface area contributed by atoms with Crippen LogP contribution < -0.4 is 14.8 Å². The molecule has 0 atom stereocenters. The maximum atomic E-state index is 12.4. The Morgan fingerprint density at radius 2 is 2.05 bits per heavy atom. The first-order chi connectivity index (χ1) is 10.7. The van der Waals surface area contributed by atoms with Gasteiger partial charge in [0.2, 0.25) is 0 Å². The predicted octanol–water partition coefficient (Wildman–Crippen LogP) is 3.93. The summed E-state index contributed by atoms with van der Waals surface area (Å²) in [7, 11) is 0. The number of hydrogen-bond acceptors (Lipinski definition) is 3. The second-order valence-corrected chi connectivity index (χ2v) is 5.40. The predicted molar refractivity (Wildman–Crippen MR) is 86.2 cm³/mol. The summed E-state index contributed by atoms with van der Waals surface area (Å²) in [6.45, 7) is 2.98. The zero-order valence-electron chi connectivity index (χ0n) is 12.2. The van der Waals surface area contributed by atoms with Crippen molar-refractivity contribution in [2.24, 2.45) is 0 Å². The van der Waals surface area contributed by atoms with Crippen molar-refractivity contribution in [1.82, 2.24) is 0 Å². The van der Waals surface area contributed by atoms with Crippen LogP contribution in [0.2, 0.25) is 5.02 Å². The number of amides is 1. The standard InChI is InChI=1S/C17H16ClNO3/c1-2-11-4-3-5-13(8-11)19-17(20)12-9-14(18)16-15(10-12)21-6-7-22-16/h3-5,8-10H,2,6-7H2,1H3,(H,19,20). The van der Waals surface area contributed by atoms with Crippen molar-refractivity contribution < 1.29 is 14.3 Å². The number of nitrogens with one attached hydrogen (secondary N) is 1. The number of anilines is 1. The van der Waals surface area contributed by atoms with Gasteiger partial charge in [-0.2, -0.15) is 0 Å². The smallest absolute Gasteiger partial charge is 0.255 e. The molecule has 0 radical (unpaired) electrons. The van der Waals surface area contributed by atoms with E-state index in [2.05, 4.69) is 12.2 Å². The average Bonchev–Trinajstić information content (AvgIpc) is 2.55. The van der Waals surface area contributed by atoms with Crippen LogP contribution in [0.5, 0.6) is 11.5 Å². The van der Waals surface area contributed by atoms with Crippen molar-refractivity contribution in [3.63, 3.8) is 0 Å². The maximum absolute atomic E-state index is 12.4. The molecule has 2 aromatic carbocycles. The molecule has 0 saturated carbocycles. The highest BCUT2D eigenvalue weighted by Crippen LogP contribution is 2.38. The third-order valence-electron chi connectivity index (χ3n) is 3.45. The van der Waals surface area contributed by atoms with Gasteiger partial charge in [-0.05, 0) is 36.2 Å². The molecule has 114 valence electrons. The summed E-state index contributed by atoms with van der Waals surface area (Å²) in [5.74, 6) is 0.774. The Morgan fingerprint density at radius 3 is 2.86 bits per heavy atom. The highest BCUT2D eigenvalue weighted by atomic mass is 35.5. The van der Waals surface area contributed by atoms with E-state index >= 15 is 0 Å². The third kappa shape index (κ3) is 3.02. The molecule has 0 spiro atoms. The summed E-state index contributed by atoms with van der Waals surface area (Å²) in [6.07, 6.45) is 0.916. The summed E-state index contributed by atoms with van der Waals surface area (Å²) >= 11 is 6.16. The Kier molecular flexibility index (Phi) is 4.20. The number of carbonyl (C=O) groups is 1. The molecule has 1 N–H and O–H groups in total. The number of hydrogen-bond donors (Lipinski definition) is 1. The molecular weight excluding hydrogens is 302 g/mol. The van der Waals surface area contributed by atoms with Crippen molar-refractivity contribution in [1.29, 1.82) is 0 Å². The molecule has 0 aromatic heterocycles. The minimum absolute atomic E-state index is 0.230. The van der Waals surface area contributed by atoms with E-state index in [9.17, 15) is 4.79 Å². The van der Waals surface area contributed by atoms with Crippen LogP contribution >= 0.6 is 11.6 Å². The minimum Gasteiger partial charge on any atom is -0.486 e.